The first-order chi connectivity index (χ1) is 13.9. The molecule has 2 aromatic carbocycles. The van der Waals surface area contributed by atoms with Crippen LogP contribution in [0.25, 0.3) is 6.08 Å². The minimum Gasteiger partial charge on any atom is -0.504 e. The monoisotopic (exact) mass is 476 g/mol. The third-order valence-electron chi connectivity index (χ3n) is 3.90. The van der Waals surface area contributed by atoms with E-state index in [2.05, 4.69) is 21.2 Å². The van der Waals surface area contributed by atoms with Crippen LogP contribution in [-0.4, -0.2) is 40.2 Å². The third-order valence-corrected chi connectivity index (χ3v) is 5.50. The van der Waals surface area contributed by atoms with Crippen LogP contribution in [0.2, 0.25) is 0 Å². The molecule has 7 nitrogen and oxygen atoms in total. The predicted molar refractivity (Wildman–Crippen MR) is 115 cm³/mol. The van der Waals surface area contributed by atoms with Gasteiger partial charge in [-0.15, -0.1) is 0 Å². The maximum Gasteiger partial charge on any atom is 0.294 e. The third kappa shape index (κ3) is 4.99. The number of benzene rings is 2. The number of carbonyl (C=O) groups excluding carboxylic acids is 3. The Morgan fingerprint density at radius 3 is 2.76 bits per heavy atom. The van der Waals surface area contributed by atoms with Gasteiger partial charge in [-0.3, -0.25) is 19.3 Å². The molecule has 0 aromatic heterocycles. The van der Waals surface area contributed by atoms with Gasteiger partial charge in [-0.25, -0.2) is 0 Å². The number of imide groups is 1. The first-order valence-corrected chi connectivity index (χ1v) is 10.3. The van der Waals surface area contributed by atoms with E-state index in [1.54, 1.807) is 43.3 Å². The van der Waals surface area contributed by atoms with E-state index in [1.807, 2.05) is 0 Å². The second kappa shape index (κ2) is 9.15. The zero-order valence-corrected chi connectivity index (χ0v) is 17.7. The average molecular weight is 477 g/mol. The van der Waals surface area contributed by atoms with Crippen molar-refractivity contribution in [3.8, 4) is 11.5 Å². The van der Waals surface area contributed by atoms with Crippen molar-refractivity contribution in [2.45, 2.75) is 6.92 Å². The van der Waals surface area contributed by atoms with E-state index < -0.39 is 17.1 Å². The number of phenolic OH excluding ortho intramolecular Hbond substituents is 1. The Morgan fingerprint density at radius 2 is 2.03 bits per heavy atom. The number of hydrogen-bond acceptors (Lipinski definition) is 6. The zero-order valence-electron chi connectivity index (χ0n) is 15.3. The minimum absolute atomic E-state index is 0.0131. The Balaban J connectivity index is 1.72. The van der Waals surface area contributed by atoms with Crippen LogP contribution in [0.4, 0.5) is 10.5 Å². The normalized spacial score (nSPS) is 15.1. The Labute approximate surface area is 179 Å². The van der Waals surface area contributed by atoms with E-state index in [0.29, 0.717) is 22.3 Å². The summed E-state index contributed by atoms with van der Waals surface area (Å²) < 4.78 is 6.02. The number of halogens is 1. The largest absolute Gasteiger partial charge is 0.504 e. The number of phenols is 1. The number of rotatable bonds is 6. The molecule has 1 heterocycles. The Kier molecular flexibility index (Phi) is 6.60. The highest BCUT2D eigenvalue weighted by atomic mass is 79.9. The Morgan fingerprint density at radius 1 is 1.28 bits per heavy atom. The summed E-state index contributed by atoms with van der Waals surface area (Å²) in [6, 6.07) is 11.7. The molecule has 29 heavy (non-hydrogen) atoms. The summed E-state index contributed by atoms with van der Waals surface area (Å²) in [7, 11) is 0. The number of hydrogen-bond donors (Lipinski definition) is 2. The first kappa shape index (κ1) is 20.9. The molecule has 0 aliphatic carbocycles. The van der Waals surface area contributed by atoms with Gasteiger partial charge in [0.15, 0.2) is 11.5 Å². The van der Waals surface area contributed by atoms with Gasteiger partial charge in [0.2, 0.25) is 5.91 Å². The van der Waals surface area contributed by atoms with Crippen LogP contribution < -0.4 is 10.1 Å². The Hall–Kier alpha value is -2.78. The molecule has 3 amide bonds. The highest BCUT2D eigenvalue weighted by Crippen LogP contribution is 2.34. The van der Waals surface area contributed by atoms with Crippen molar-refractivity contribution in [3.05, 3.63) is 57.4 Å². The fourth-order valence-corrected chi connectivity index (χ4v) is 3.80. The number of thioether (sulfide) groups is 1. The molecule has 2 aromatic rings. The molecular weight excluding hydrogens is 460 g/mol. The summed E-state index contributed by atoms with van der Waals surface area (Å²) >= 11 is 4.08. The van der Waals surface area contributed by atoms with Crippen molar-refractivity contribution in [1.82, 2.24) is 4.90 Å². The summed E-state index contributed by atoms with van der Waals surface area (Å²) in [4.78, 5) is 38.2. The van der Waals surface area contributed by atoms with Crippen molar-refractivity contribution in [1.29, 1.82) is 0 Å². The van der Waals surface area contributed by atoms with Gasteiger partial charge in [-0.1, -0.05) is 18.2 Å². The zero-order chi connectivity index (χ0) is 21.0. The number of ether oxygens (including phenoxy) is 1. The second-order valence-corrected chi connectivity index (χ2v) is 7.80. The lowest BCUT2D eigenvalue weighted by molar-refractivity contribution is -0.127. The topological polar surface area (TPSA) is 95.9 Å². The molecule has 0 bridgehead atoms. The van der Waals surface area contributed by atoms with E-state index in [9.17, 15) is 19.5 Å². The van der Waals surface area contributed by atoms with E-state index in [1.165, 1.54) is 12.1 Å². The van der Waals surface area contributed by atoms with Gasteiger partial charge in [0, 0.05) is 4.47 Å². The van der Waals surface area contributed by atoms with Crippen molar-refractivity contribution in [2.75, 3.05) is 18.5 Å². The molecule has 9 heteroatoms. The number of amides is 3. The standard InChI is InChI=1S/C20H17BrN2O5S/c1-2-28-16-9-12(7-8-15(16)24)10-17-19(26)23(20(27)29-17)11-18(25)22-14-6-4-3-5-13(14)21/h3-10,24H,2,11H2,1H3,(H,22,25)/b17-10+. The van der Waals surface area contributed by atoms with E-state index in [0.717, 1.165) is 16.7 Å². The van der Waals surface area contributed by atoms with Crippen molar-refractivity contribution < 1.29 is 24.2 Å². The summed E-state index contributed by atoms with van der Waals surface area (Å²) in [5.74, 6) is -0.758. The van der Waals surface area contributed by atoms with Crippen molar-refractivity contribution >= 4 is 56.5 Å². The second-order valence-electron chi connectivity index (χ2n) is 5.96. The van der Waals surface area contributed by atoms with Gasteiger partial charge < -0.3 is 15.2 Å². The summed E-state index contributed by atoms with van der Waals surface area (Å²) in [5.41, 5.74) is 1.14. The lowest BCUT2D eigenvalue weighted by Crippen LogP contribution is -2.36. The van der Waals surface area contributed by atoms with Gasteiger partial charge in [-0.2, -0.15) is 0 Å². The molecule has 2 N–H and O–H groups in total. The molecule has 0 unspecified atom stereocenters. The molecule has 1 aliphatic heterocycles. The number of aromatic hydroxyl groups is 1. The lowest BCUT2D eigenvalue weighted by atomic mass is 10.2. The maximum atomic E-state index is 12.6. The number of para-hydroxylation sites is 1. The van der Waals surface area contributed by atoms with Crippen LogP contribution in [0.1, 0.15) is 12.5 Å². The van der Waals surface area contributed by atoms with Gasteiger partial charge in [0.05, 0.1) is 17.2 Å². The molecule has 1 aliphatic rings. The van der Waals surface area contributed by atoms with Crippen molar-refractivity contribution in [3.63, 3.8) is 0 Å². The number of nitrogens with one attached hydrogen (secondary N) is 1. The minimum atomic E-state index is -0.548. The summed E-state index contributed by atoms with van der Waals surface area (Å²) in [5, 5.41) is 11.9. The first-order valence-electron chi connectivity index (χ1n) is 8.64. The van der Waals surface area contributed by atoms with Gasteiger partial charge in [0.1, 0.15) is 6.54 Å². The summed E-state index contributed by atoms with van der Waals surface area (Å²) in [6.45, 7) is 1.78. The van der Waals surface area contributed by atoms with Crippen molar-refractivity contribution in [2.24, 2.45) is 0 Å². The quantitative estimate of drug-likeness (QED) is 0.605. The number of anilines is 1. The molecule has 1 fully saturated rings. The highest BCUT2D eigenvalue weighted by molar-refractivity contribution is 9.10. The lowest BCUT2D eigenvalue weighted by Gasteiger charge is -2.13. The summed E-state index contributed by atoms with van der Waals surface area (Å²) in [6.07, 6.45) is 1.53. The van der Waals surface area contributed by atoms with Crippen LogP contribution >= 0.6 is 27.7 Å². The number of nitrogens with zero attached hydrogens (tertiary/aromatic N) is 1. The predicted octanol–water partition coefficient (Wildman–Crippen LogP) is 4.23. The van der Waals surface area contributed by atoms with Crippen LogP contribution in [0.15, 0.2) is 51.8 Å². The van der Waals surface area contributed by atoms with Crippen LogP contribution in [0.3, 0.4) is 0 Å². The average Bonchev–Trinajstić information content (AvgIpc) is 2.94. The molecular formula is C20H17BrN2O5S. The van der Waals surface area contributed by atoms with E-state index in [-0.39, 0.29) is 22.9 Å². The Bertz CT molecular complexity index is 1010. The van der Waals surface area contributed by atoms with Crippen LogP contribution in [0, 0.1) is 0 Å². The van der Waals surface area contributed by atoms with Gasteiger partial charge in [0.25, 0.3) is 11.1 Å². The van der Waals surface area contributed by atoms with Crippen LogP contribution in [-0.2, 0) is 9.59 Å². The fourth-order valence-electron chi connectivity index (χ4n) is 2.58. The van der Waals surface area contributed by atoms with Gasteiger partial charge in [-0.05, 0) is 70.5 Å². The van der Waals surface area contributed by atoms with E-state index >= 15 is 0 Å². The van der Waals surface area contributed by atoms with E-state index in [4.69, 9.17) is 4.74 Å². The smallest absolute Gasteiger partial charge is 0.294 e. The molecule has 0 atom stereocenters. The molecule has 0 radical (unpaired) electrons. The SMILES string of the molecule is CCOc1cc(/C=C2/SC(=O)N(CC(=O)Nc3ccccc3Br)C2=O)ccc1O. The fraction of sp³-hybridized carbons (Fsp3) is 0.150. The van der Waals surface area contributed by atoms with Crippen LogP contribution in [0.5, 0.6) is 11.5 Å². The molecule has 0 spiro atoms. The molecule has 150 valence electrons. The molecule has 3 rings (SSSR count). The maximum absolute atomic E-state index is 12.6. The molecule has 0 saturated carbocycles. The number of carbonyl (C=O) groups is 3. The van der Waals surface area contributed by atoms with Gasteiger partial charge >= 0.3 is 0 Å². The molecule has 1 saturated heterocycles. The highest BCUT2D eigenvalue weighted by Gasteiger charge is 2.36.